The molecule has 2 aromatic heterocycles. The van der Waals surface area contributed by atoms with Crippen LogP contribution in [0.25, 0.3) is 17.1 Å². The van der Waals surface area contributed by atoms with Gasteiger partial charge in [0, 0.05) is 37.1 Å². The van der Waals surface area contributed by atoms with Crippen LogP contribution >= 0.6 is 0 Å². The van der Waals surface area contributed by atoms with Gasteiger partial charge >= 0.3 is 0 Å². The number of nitrogens with zero attached hydrogens (tertiary/aromatic N) is 4. The number of aromatic nitrogens is 3. The van der Waals surface area contributed by atoms with E-state index in [1.807, 2.05) is 0 Å². The Hall–Kier alpha value is -3.69. The quantitative estimate of drug-likeness (QED) is 0.510. The van der Waals surface area contributed by atoms with E-state index in [1.54, 1.807) is 7.05 Å². The maximum atomic E-state index is 14.0. The molecule has 1 aliphatic rings. The van der Waals surface area contributed by atoms with Gasteiger partial charge in [-0.25, -0.2) is 17.6 Å². The minimum absolute atomic E-state index is 0.0592. The van der Waals surface area contributed by atoms with E-state index < -0.39 is 29.2 Å². The number of hydrogen-bond donors (Lipinski definition) is 1. The van der Waals surface area contributed by atoms with Gasteiger partial charge in [0.2, 0.25) is 0 Å². The molecule has 6 nitrogen and oxygen atoms in total. The molecule has 10 heteroatoms. The number of benzene rings is 1. The summed E-state index contributed by atoms with van der Waals surface area (Å²) < 4.78 is 56.3. The predicted octanol–water partition coefficient (Wildman–Crippen LogP) is 3.32. The lowest BCUT2D eigenvalue weighted by atomic mass is 9.99. The minimum atomic E-state index is -1.54. The van der Waals surface area contributed by atoms with Crippen LogP contribution in [0.1, 0.15) is 27.3 Å². The molecule has 0 fully saturated rings. The summed E-state index contributed by atoms with van der Waals surface area (Å²) in [5.74, 6) is -5.39. The van der Waals surface area contributed by atoms with Gasteiger partial charge in [0.15, 0.2) is 23.3 Å². The average molecular weight is 431 g/mol. The van der Waals surface area contributed by atoms with Gasteiger partial charge in [-0.2, -0.15) is 5.10 Å². The molecule has 0 saturated heterocycles. The van der Waals surface area contributed by atoms with Crippen molar-refractivity contribution in [1.29, 1.82) is 0 Å². The minimum Gasteiger partial charge on any atom is -0.402 e. The number of aryl methyl sites for hydroxylation is 1. The normalized spacial score (nSPS) is 14.0. The standard InChI is InChI=1S/C21H17F4N5O/c1-29-20(11-7-14(22)18(25)15(23)8-11)12-4-6-30(10-17(12)28-29)21(31)13-3-2-5-27-19(13)16(24)9-26/h2-3,5,7-9H,4,6,10,26H2,1H3. The zero-order chi connectivity index (χ0) is 22.3. The monoisotopic (exact) mass is 431 g/mol. The summed E-state index contributed by atoms with van der Waals surface area (Å²) in [4.78, 5) is 18.4. The maximum absolute atomic E-state index is 14.0. The van der Waals surface area contributed by atoms with Crippen molar-refractivity contribution >= 4 is 11.7 Å². The van der Waals surface area contributed by atoms with Crippen LogP contribution < -0.4 is 5.73 Å². The Morgan fingerprint density at radius 1 is 1.23 bits per heavy atom. The lowest BCUT2D eigenvalue weighted by Crippen LogP contribution is -2.36. The molecule has 0 spiro atoms. The number of fused-ring (bicyclic) bond motifs is 1. The summed E-state index contributed by atoms with van der Waals surface area (Å²) in [7, 11) is 1.60. The Balaban J connectivity index is 1.68. The highest BCUT2D eigenvalue weighted by atomic mass is 19.2. The van der Waals surface area contributed by atoms with E-state index in [4.69, 9.17) is 5.73 Å². The zero-order valence-electron chi connectivity index (χ0n) is 16.4. The van der Waals surface area contributed by atoms with Crippen molar-refractivity contribution in [3.05, 3.63) is 76.6 Å². The van der Waals surface area contributed by atoms with Gasteiger partial charge in [0.1, 0.15) is 5.69 Å². The first kappa shape index (κ1) is 20.6. The van der Waals surface area contributed by atoms with Crippen LogP contribution in [-0.4, -0.2) is 32.1 Å². The van der Waals surface area contributed by atoms with Gasteiger partial charge in [-0.15, -0.1) is 0 Å². The number of carbonyl (C=O) groups excluding carboxylic acids is 1. The number of nitrogens with two attached hydrogens (primary N) is 1. The third-order valence-corrected chi connectivity index (χ3v) is 5.16. The summed E-state index contributed by atoms with van der Waals surface area (Å²) in [5, 5.41) is 4.37. The van der Waals surface area contributed by atoms with Gasteiger partial charge in [0.05, 0.1) is 23.5 Å². The molecule has 3 heterocycles. The van der Waals surface area contributed by atoms with Crippen molar-refractivity contribution in [2.45, 2.75) is 13.0 Å². The molecular weight excluding hydrogens is 414 g/mol. The molecule has 0 radical (unpaired) electrons. The molecule has 1 aromatic carbocycles. The lowest BCUT2D eigenvalue weighted by Gasteiger charge is -2.27. The molecule has 160 valence electrons. The van der Waals surface area contributed by atoms with E-state index >= 15 is 0 Å². The van der Waals surface area contributed by atoms with Crippen LogP contribution in [0, 0.1) is 17.5 Å². The number of amides is 1. The third-order valence-electron chi connectivity index (χ3n) is 5.16. The van der Waals surface area contributed by atoms with Gasteiger partial charge in [-0.1, -0.05) is 0 Å². The second kappa shape index (κ2) is 7.86. The summed E-state index contributed by atoms with van der Waals surface area (Å²) in [6.45, 7) is 0.370. The highest BCUT2D eigenvalue weighted by Crippen LogP contribution is 2.32. The molecule has 0 atom stereocenters. The second-order valence-corrected chi connectivity index (χ2v) is 7.04. The lowest BCUT2D eigenvalue weighted by molar-refractivity contribution is 0.0731. The van der Waals surface area contributed by atoms with Gasteiger partial charge in [-0.3, -0.25) is 14.5 Å². The zero-order valence-corrected chi connectivity index (χ0v) is 16.4. The number of halogens is 4. The van der Waals surface area contributed by atoms with Crippen molar-refractivity contribution in [3.8, 4) is 11.3 Å². The molecule has 0 unspecified atom stereocenters. The van der Waals surface area contributed by atoms with Crippen LogP contribution in [0.3, 0.4) is 0 Å². The summed E-state index contributed by atoms with van der Waals surface area (Å²) in [6, 6.07) is 4.80. The first-order valence-electron chi connectivity index (χ1n) is 9.33. The highest BCUT2D eigenvalue weighted by Gasteiger charge is 2.29. The van der Waals surface area contributed by atoms with Crippen LogP contribution in [0.5, 0.6) is 0 Å². The van der Waals surface area contributed by atoms with Gasteiger partial charge in [-0.05, 0) is 30.7 Å². The van der Waals surface area contributed by atoms with Crippen molar-refractivity contribution in [2.75, 3.05) is 6.54 Å². The van der Waals surface area contributed by atoms with E-state index in [2.05, 4.69) is 10.1 Å². The molecule has 1 aliphatic heterocycles. The molecule has 2 N–H and O–H groups in total. The Morgan fingerprint density at radius 2 is 1.94 bits per heavy atom. The molecule has 31 heavy (non-hydrogen) atoms. The largest absolute Gasteiger partial charge is 0.402 e. The maximum Gasteiger partial charge on any atom is 0.256 e. The third kappa shape index (κ3) is 3.54. The van der Waals surface area contributed by atoms with Crippen molar-refractivity contribution in [3.63, 3.8) is 0 Å². The van der Waals surface area contributed by atoms with E-state index in [1.165, 1.54) is 27.9 Å². The summed E-state index contributed by atoms with van der Waals surface area (Å²) in [6.07, 6.45) is 2.44. The molecule has 0 aliphatic carbocycles. The van der Waals surface area contributed by atoms with Crippen LogP contribution in [0.4, 0.5) is 17.6 Å². The smallest absolute Gasteiger partial charge is 0.256 e. The molecule has 4 rings (SSSR count). The van der Waals surface area contributed by atoms with E-state index in [-0.39, 0.29) is 29.9 Å². The van der Waals surface area contributed by atoms with E-state index in [9.17, 15) is 22.4 Å². The molecule has 1 amide bonds. The molecule has 0 bridgehead atoms. The van der Waals surface area contributed by atoms with Crippen LogP contribution in [-0.2, 0) is 20.0 Å². The summed E-state index contributed by atoms with van der Waals surface area (Å²) >= 11 is 0. The fraction of sp³-hybridized carbons (Fsp3) is 0.190. The van der Waals surface area contributed by atoms with E-state index in [0.29, 0.717) is 23.4 Å². The average Bonchev–Trinajstić information content (AvgIpc) is 3.10. The topological polar surface area (TPSA) is 77.0 Å². The Kier molecular flexibility index (Phi) is 5.22. The van der Waals surface area contributed by atoms with E-state index in [0.717, 1.165) is 18.3 Å². The second-order valence-electron chi connectivity index (χ2n) is 7.04. The number of carbonyl (C=O) groups is 1. The Labute approximate surface area is 174 Å². The van der Waals surface area contributed by atoms with Gasteiger partial charge < -0.3 is 10.6 Å². The number of pyridine rings is 1. The van der Waals surface area contributed by atoms with Crippen LogP contribution in [0.2, 0.25) is 0 Å². The first-order chi connectivity index (χ1) is 14.8. The predicted molar refractivity (Wildman–Crippen MR) is 104 cm³/mol. The first-order valence-corrected chi connectivity index (χ1v) is 9.33. The van der Waals surface area contributed by atoms with Crippen molar-refractivity contribution < 1.29 is 22.4 Å². The number of rotatable bonds is 3. The SMILES string of the molecule is Cn1nc2c(c1-c1cc(F)c(F)c(F)c1)CCN(C(=O)c1cccnc1C(F)=CN)C2. The Bertz CT molecular complexity index is 1200. The summed E-state index contributed by atoms with van der Waals surface area (Å²) in [5.41, 5.74) is 6.96. The fourth-order valence-corrected chi connectivity index (χ4v) is 3.76. The van der Waals surface area contributed by atoms with Crippen molar-refractivity contribution in [1.82, 2.24) is 19.7 Å². The Morgan fingerprint density at radius 3 is 2.61 bits per heavy atom. The number of hydrogen-bond acceptors (Lipinski definition) is 4. The highest BCUT2D eigenvalue weighted by molar-refractivity contribution is 5.98. The van der Waals surface area contributed by atoms with Crippen LogP contribution in [0.15, 0.2) is 36.7 Å². The fourth-order valence-electron chi connectivity index (χ4n) is 3.76. The van der Waals surface area contributed by atoms with Gasteiger partial charge in [0.25, 0.3) is 5.91 Å². The van der Waals surface area contributed by atoms with Crippen molar-refractivity contribution in [2.24, 2.45) is 12.8 Å². The molecular formula is C21H17F4N5O. The molecule has 0 saturated carbocycles. The molecule has 3 aromatic rings.